The summed E-state index contributed by atoms with van der Waals surface area (Å²) in [5.41, 5.74) is 3.07. The molecule has 7 nitrogen and oxygen atoms in total. The number of carbonyl (C=O) groups is 1. The van der Waals surface area contributed by atoms with E-state index in [1.54, 1.807) is 40.0 Å². The van der Waals surface area contributed by atoms with Gasteiger partial charge in [0.05, 0.1) is 39.0 Å². The Bertz CT molecular complexity index is 1110. The van der Waals surface area contributed by atoms with Crippen molar-refractivity contribution in [1.29, 1.82) is 0 Å². The maximum atomic E-state index is 13.2. The Labute approximate surface area is 175 Å². The van der Waals surface area contributed by atoms with Gasteiger partial charge in [0.25, 0.3) is 0 Å². The molecule has 2 aromatic carbocycles. The molecule has 2 heterocycles. The molecule has 9 heteroatoms. The summed E-state index contributed by atoms with van der Waals surface area (Å²) in [4.78, 5) is 14.8. The summed E-state index contributed by atoms with van der Waals surface area (Å²) in [6, 6.07) is 10.6. The average molecular weight is 428 g/mol. The number of anilines is 1. The average Bonchev–Trinajstić information content (AvgIpc) is 3.16. The van der Waals surface area contributed by atoms with E-state index < -0.39 is 10.8 Å². The zero-order valence-corrected chi connectivity index (χ0v) is 17.2. The highest BCUT2D eigenvalue weighted by Gasteiger charge is 2.26. The van der Waals surface area contributed by atoms with E-state index >= 15 is 0 Å². The number of nitrogens with one attached hydrogen (secondary N) is 1. The highest BCUT2D eigenvalue weighted by atomic mass is 32.2. The number of amides is 2. The molecule has 0 fully saturated rings. The van der Waals surface area contributed by atoms with Gasteiger partial charge in [-0.25, -0.2) is 13.9 Å². The number of aromatic hydroxyl groups is 1. The van der Waals surface area contributed by atoms with Crippen LogP contribution in [-0.4, -0.2) is 37.9 Å². The molecular formula is C21H21FN4O3S. The van der Waals surface area contributed by atoms with Crippen LogP contribution in [0.15, 0.2) is 53.6 Å². The Hall–Kier alpha value is -3.20. The number of hydrogen-bond acceptors (Lipinski definition) is 4. The van der Waals surface area contributed by atoms with Crippen molar-refractivity contribution in [1.82, 2.24) is 15.1 Å². The van der Waals surface area contributed by atoms with Crippen molar-refractivity contribution >= 4 is 22.5 Å². The van der Waals surface area contributed by atoms with Crippen LogP contribution >= 0.6 is 0 Å². The van der Waals surface area contributed by atoms with Gasteiger partial charge in [-0.15, -0.1) is 0 Å². The van der Waals surface area contributed by atoms with E-state index in [9.17, 15) is 18.5 Å². The van der Waals surface area contributed by atoms with Crippen molar-refractivity contribution in [2.75, 3.05) is 17.7 Å². The van der Waals surface area contributed by atoms with Crippen molar-refractivity contribution in [3.8, 4) is 11.4 Å². The van der Waals surface area contributed by atoms with Crippen molar-refractivity contribution in [3.63, 3.8) is 0 Å². The van der Waals surface area contributed by atoms with Crippen LogP contribution < -0.4 is 10.2 Å². The lowest BCUT2D eigenvalue weighted by Crippen LogP contribution is -2.42. The molecule has 0 aliphatic carbocycles. The molecule has 0 spiro atoms. The van der Waals surface area contributed by atoms with Crippen LogP contribution in [0.1, 0.15) is 17.7 Å². The molecule has 0 saturated carbocycles. The lowest BCUT2D eigenvalue weighted by atomic mass is 10.1. The van der Waals surface area contributed by atoms with E-state index in [0.717, 1.165) is 29.9 Å². The summed E-state index contributed by atoms with van der Waals surface area (Å²) in [5.74, 6) is -0.367. The van der Waals surface area contributed by atoms with Crippen LogP contribution in [0.4, 0.5) is 14.9 Å². The Kier molecular flexibility index (Phi) is 5.54. The van der Waals surface area contributed by atoms with Crippen LogP contribution in [0.3, 0.4) is 0 Å². The molecular weight excluding hydrogens is 407 g/mol. The van der Waals surface area contributed by atoms with Gasteiger partial charge in [0, 0.05) is 19.3 Å². The quantitative estimate of drug-likeness (QED) is 0.669. The number of nitrogens with zero attached hydrogens (tertiary/aromatic N) is 3. The molecule has 1 atom stereocenters. The second kappa shape index (κ2) is 8.27. The molecule has 3 aromatic rings. The van der Waals surface area contributed by atoms with E-state index in [-0.39, 0.29) is 24.1 Å². The Balaban J connectivity index is 1.49. The molecule has 2 amide bonds. The third-order valence-corrected chi connectivity index (χ3v) is 5.99. The molecule has 1 aromatic heterocycles. The fraction of sp³-hybridized carbons (Fsp3) is 0.238. The minimum absolute atomic E-state index is 0.0524. The lowest BCUT2D eigenvalue weighted by Gasteiger charge is -2.27. The maximum Gasteiger partial charge on any atom is 0.322 e. The predicted molar refractivity (Wildman–Crippen MR) is 112 cm³/mol. The van der Waals surface area contributed by atoms with Crippen molar-refractivity contribution in [2.24, 2.45) is 0 Å². The zero-order valence-electron chi connectivity index (χ0n) is 16.3. The Morgan fingerprint density at radius 3 is 2.73 bits per heavy atom. The molecule has 1 unspecified atom stereocenters. The maximum absolute atomic E-state index is 13.2. The highest BCUT2D eigenvalue weighted by Crippen LogP contribution is 2.29. The second-order valence-electron chi connectivity index (χ2n) is 7.03. The van der Waals surface area contributed by atoms with E-state index in [0.29, 0.717) is 17.0 Å². The third-order valence-electron chi connectivity index (χ3n) is 5.03. The lowest BCUT2D eigenvalue weighted by molar-refractivity contribution is 0.245. The summed E-state index contributed by atoms with van der Waals surface area (Å²) < 4.78 is 26.5. The molecule has 1 aliphatic rings. The summed E-state index contributed by atoms with van der Waals surface area (Å²) in [5, 5.41) is 17.2. The molecule has 30 heavy (non-hydrogen) atoms. The van der Waals surface area contributed by atoms with Gasteiger partial charge in [-0.05, 0) is 54.8 Å². The van der Waals surface area contributed by atoms with Gasteiger partial charge in [0.15, 0.2) is 0 Å². The van der Waals surface area contributed by atoms with E-state index in [2.05, 4.69) is 10.4 Å². The summed E-state index contributed by atoms with van der Waals surface area (Å²) in [6.07, 6.45) is 4.69. The van der Waals surface area contributed by atoms with Gasteiger partial charge < -0.3 is 10.4 Å². The van der Waals surface area contributed by atoms with Gasteiger partial charge in [0.1, 0.15) is 11.6 Å². The predicted octanol–water partition coefficient (Wildman–Crippen LogP) is 3.12. The van der Waals surface area contributed by atoms with E-state index in [4.69, 9.17) is 0 Å². The van der Waals surface area contributed by atoms with Crippen LogP contribution in [0.25, 0.3) is 5.69 Å². The van der Waals surface area contributed by atoms with Crippen LogP contribution in [0.5, 0.6) is 5.75 Å². The largest absolute Gasteiger partial charge is 0.507 e. The van der Waals surface area contributed by atoms with Crippen molar-refractivity contribution < 1.29 is 18.5 Å². The van der Waals surface area contributed by atoms with E-state index in [1.807, 2.05) is 0 Å². The Morgan fingerprint density at radius 1 is 1.27 bits per heavy atom. The number of phenols is 1. The first-order valence-corrected chi connectivity index (χ1v) is 11.0. The second-order valence-corrected chi connectivity index (χ2v) is 8.38. The minimum atomic E-state index is -1.28. The van der Waals surface area contributed by atoms with Crippen molar-refractivity contribution in [2.45, 2.75) is 24.3 Å². The number of aromatic nitrogens is 2. The summed E-state index contributed by atoms with van der Waals surface area (Å²) in [6.45, 7) is 0.786. The molecule has 0 saturated heterocycles. The smallest absolute Gasteiger partial charge is 0.322 e. The summed E-state index contributed by atoms with van der Waals surface area (Å²) in [7, 11) is -1.28. The Morgan fingerprint density at radius 2 is 2.03 bits per heavy atom. The topological polar surface area (TPSA) is 87.5 Å². The number of benzene rings is 2. The fourth-order valence-electron chi connectivity index (χ4n) is 3.55. The van der Waals surface area contributed by atoms with Gasteiger partial charge in [-0.1, -0.05) is 6.07 Å². The summed E-state index contributed by atoms with van der Waals surface area (Å²) >= 11 is 0. The number of rotatable bonds is 4. The molecule has 2 N–H and O–H groups in total. The first kappa shape index (κ1) is 20.1. The van der Waals surface area contributed by atoms with Gasteiger partial charge in [-0.3, -0.25) is 9.11 Å². The van der Waals surface area contributed by atoms with Crippen LogP contribution in [0, 0.1) is 5.82 Å². The first-order valence-electron chi connectivity index (χ1n) is 9.47. The van der Waals surface area contributed by atoms with Gasteiger partial charge >= 0.3 is 6.03 Å². The molecule has 4 rings (SSSR count). The highest BCUT2D eigenvalue weighted by molar-refractivity contribution is 7.84. The first-order chi connectivity index (χ1) is 14.4. The number of fused-ring (bicyclic) bond motifs is 1. The van der Waals surface area contributed by atoms with Crippen LogP contribution in [0.2, 0.25) is 0 Å². The van der Waals surface area contributed by atoms with E-state index in [1.165, 1.54) is 24.5 Å². The molecule has 1 aliphatic heterocycles. The molecule has 0 bridgehead atoms. The number of halogens is 1. The number of carbonyl (C=O) groups excluding carboxylic acids is 1. The minimum Gasteiger partial charge on any atom is -0.507 e. The fourth-order valence-corrected chi connectivity index (χ4v) is 4.17. The van der Waals surface area contributed by atoms with Crippen molar-refractivity contribution in [3.05, 3.63) is 65.7 Å². The number of urea groups is 1. The van der Waals surface area contributed by atoms with Crippen LogP contribution in [-0.2, 0) is 23.8 Å². The van der Waals surface area contributed by atoms with Gasteiger partial charge in [-0.2, -0.15) is 5.10 Å². The number of hydrogen-bond donors (Lipinski definition) is 2. The molecule has 0 radical (unpaired) electrons. The number of phenolic OH excluding ortho intramolecular Hbond substituents is 1. The van der Waals surface area contributed by atoms with Gasteiger partial charge in [0.2, 0.25) is 0 Å². The third kappa shape index (κ3) is 3.93. The molecule has 156 valence electrons. The zero-order chi connectivity index (χ0) is 21.3. The SMILES string of the molecule is CS(=O)c1ccc(CNC(=O)N2CCCc3c2cnn3-c2ccc(F)cc2)cc1O. The monoisotopic (exact) mass is 428 g/mol. The normalized spacial score (nSPS) is 14.3. The standard InChI is InChI=1S/C21H21FN4O3S/c1-30(29)20-9-4-14(11-19(20)27)12-23-21(28)25-10-2-3-17-18(25)13-24-26(17)16-7-5-15(22)6-8-16/h4-9,11,13,27H,2-3,10,12H2,1H3,(H,23,28).